The van der Waals surface area contributed by atoms with Crippen molar-refractivity contribution >= 4 is 0 Å². The average molecular weight is 217 g/mol. The number of alkyl halides is 1. The Morgan fingerprint density at radius 1 is 1.44 bits per heavy atom. The maximum absolute atomic E-state index is 12.5. The zero-order valence-electron chi connectivity index (χ0n) is 9.32. The minimum atomic E-state index is -0.333. The summed E-state index contributed by atoms with van der Waals surface area (Å²) in [5.41, 5.74) is 2.71. The zero-order valence-corrected chi connectivity index (χ0v) is 9.32. The number of terminal acetylenes is 1. The molecule has 0 saturated carbocycles. The number of benzene rings is 1. The van der Waals surface area contributed by atoms with Crippen LogP contribution in [0.25, 0.3) is 0 Å². The summed E-state index contributed by atoms with van der Waals surface area (Å²) in [6.07, 6.45) is 7.47. The van der Waals surface area contributed by atoms with Gasteiger partial charge in [0.15, 0.2) is 0 Å². The Labute approximate surface area is 96.3 Å². The second-order valence-electron chi connectivity index (χ2n) is 4.12. The lowest BCUT2D eigenvalue weighted by molar-refractivity contribution is 0.203. The lowest BCUT2D eigenvalue weighted by atomic mass is 10.1. The van der Waals surface area contributed by atoms with E-state index in [4.69, 9.17) is 6.42 Å². The lowest BCUT2D eigenvalue weighted by Crippen LogP contribution is -2.30. The van der Waals surface area contributed by atoms with Crippen LogP contribution >= 0.6 is 0 Å². The van der Waals surface area contributed by atoms with Crippen molar-refractivity contribution in [1.29, 1.82) is 0 Å². The molecule has 0 radical (unpaired) electrons. The number of fused-ring (bicyclic) bond motifs is 1. The van der Waals surface area contributed by atoms with Crippen molar-refractivity contribution in [3.05, 3.63) is 35.4 Å². The van der Waals surface area contributed by atoms with Gasteiger partial charge in [-0.3, -0.25) is 4.90 Å². The van der Waals surface area contributed by atoms with E-state index >= 15 is 0 Å². The van der Waals surface area contributed by atoms with Gasteiger partial charge in [0.1, 0.15) is 6.67 Å². The largest absolute Gasteiger partial charge is 0.283 e. The van der Waals surface area contributed by atoms with E-state index < -0.39 is 0 Å². The molecule has 1 nitrogen and oxygen atoms in total. The highest BCUT2D eigenvalue weighted by atomic mass is 19.1. The molecule has 1 aliphatic carbocycles. The molecule has 1 unspecified atom stereocenters. The van der Waals surface area contributed by atoms with Gasteiger partial charge in [-0.2, -0.15) is 0 Å². The first-order valence-corrected chi connectivity index (χ1v) is 5.68. The van der Waals surface area contributed by atoms with Crippen molar-refractivity contribution in [2.75, 3.05) is 19.8 Å². The third kappa shape index (κ3) is 2.10. The van der Waals surface area contributed by atoms with Crippen LogP contribution in [0.2, 0.25) is 0 Å². The molecule has 0 N–H and O–H groups in total. The van der Waals surface area contributed by atoms with E-state index in [0.717, 1.165) is 12.8 Å². The van der Waals surface area contributed by atoms with Gasteiger partial charge in [0.05, 0.1) is 6.54 Å². The Kier molecular flexibility index (Phi) is 3.58. The summed E-state index contributed by atoms with van der Waals surface area (Å²) < 4.78 is 12.5. The summed E-state index contributed by atoms with van der Waals surface area (Å²) in [4.78, 5) is 2.06. The minimum absolute atomic E-state index is 0.308. The van der Waals surface area contributed by atoms with E-state index in [1.165, 1.54) is 11.1 Å². The molecule has 0 heterocycles. The SMILES string of the molecule is C#CCN(CCF)C1CCc2ccccc21. The number of halogens is 1. The van der Waals surface area contributed by atoms with E-state index in [1.807, 2.05) is 6.07 Å². The average Bonchev–Trinajstić information content (AvgIpc) is 2.72. The highest BCUT2D eigenvalue weighted by Gasteiger charge is 2.26. The third-order valence-electron chi connectivity index (χ3n) is 3.21. The van der Waals surface area contributed by atoms with E-state index in [9.17, 15) is 4.39 Å². The van der Waals surface area contributed by atoms with E-state index in [1.54, 1.807) is 0 Å². The van der Waals surface area contributed by atoms with Crippen LogP contribution in [0.3, 0.4) is 0 Å². The summed E-state index contributed by atoms with van der Waals surface area (Å²) in [6, 6.07) is 8.69. The monoisotopic (exact) mass is 217 g/mol. The normalized spacial score (nSPS) is 18.4. The minimum Gasteiger partial charge on any atom is -0.283 e. The fourth-order valence-corrected chi connectivity index (χ4v) is 2.48. The quantitative estimate of drug-likeness (QED) is 0.701. The van der Waals surface area contributed by atoms with Crippen molar-refractivity contribution in [2.45, 2.75) is 18.9 Å². The summed E-state index contributed by atoms with van der Waals surface area (Å²) in [7, 11) is 0. The Bertz CT molecular complexity index is 394. The van der Waals surface area contributed by atoms with Gasteiger partial charge in [0.25, 0.3) is 0 Å². The fourth-order valence-electron chi connectivity index (χ4n) is 2.48. The van der Waals surface area contributed by atoms with Crippen molar-refractivity contribution in [2.24, 2.45) is 0 Å². The van der Waals surface area contributed by atoms with E-state index in [-0.39, 0.29) is 6.67 Å². The summed E-state index contributed by atoms with van der Waals surface area (Å²) in [5.74, 6) is 2.62. The first-order valence-electron chi connectivity index (χ1n) is 5.68. The van der Waals surface area contributed by atoms with Gasteiger partial charge in [-0.25, -0.2) is 4.39 Å². The Morgan fingerprint density at radius 3 is 3.00 bits per heavy atom. The number of rotatable bonds is 4. The molecule has 1 aromatic rings. The predicted molar refractivity (Wildman–Crippen MR) is 63.9 cm³/mol. The van der Waals surface area contributed by atoms with Gasteiger partial charge in [-0.05, 0) is 24.0 Å². The molecule has 0 aromatic heterocycles. The number of hydrogen-bond donors (Lipinski definition) is 0. The molecule has 2 rings (SSSR count). The van der Waals surface area contributed by atoms with Crippen molar-refractivity contribution in [3.63, 3.8) is 0 Å². The second-order valence-corrected chi connectivity index (χ2v) is 4.12. The van der Waals surface area contributed by atoms with Crippen LogP contribution in [0, 0.1) is 12.3 Å². The van der Waals surface area contributed by atoms with E-state index in [2.05, 4.69) is 29.0 Å². The van der Waals surface area contributed by atoms with Crippen LogP contribution in [0.5, 0.6) is 0 Å². The summed E-state index contributed by atoms with van der Waals surface area (Å²) in [6.45, 7) is 0.631. The molecule has 16 heavy (non-hydrogen) atoms. The first kappa shape index (κ1) is 11.2. The Hall–Kier alpha value is -1.33. The molecule has 1 aliphatic rings. The van der Waals surface area contributed by atoms with Gasteiger partial charge in [-0.15, -0.1) is 6.42 Å². The zero-order chi connectivity index (χ0) is 11.4. The number of aryl methyl sites for hydroxylation is 1. The molecule has 2 heteroatoms. The fraction of sp³-hybridized carbons (Fsp3) is 0.429. The Morgan fingerprint density at radius 2 is 2.25 bits per heavy atom. The molecule has 0 aliphatic heterocycles. The molecule has 0 saturated heterocycles. The van der Waals surface area contributed by atoms with Crippen molar-refractivity contribution in [1.82, 2.24) is 4.90 Å². The van der Waals surface area contributed by atoms with Gasteiger partial charge in [0.2, 0.25) is 0 Å². The van der Waals surface area contributed by atoms with Crippen LogP contribution in [0.15, 0.2) is 24.3 Å². The van der Waals surface area contributed by atoms with Crippen LogP contribution in [-0.2, 0) is 6.42 Å². The molecular weight excluding hydrogens is 201 g/mol. The third-order valence-corrected chi connectivity index (χ3v) is 3.21. The van der Waals surface area contributed by atoms with Gasteiger partial charge < -0.3 is 0 Å². The van der Waals surface area contributed by atoms with Crippen molar-refractivity contribution in [3.8, 4) is 12.3 Å². The number of nitrogens with zero attached hydrogens (tertiary/aromatic N) is 1. The highest BCUT2D eigenvalue weighted by molar-refractivity contribution is 5.34. The molecule has 1 aromatic carbocycles. The maximum Gasteiger partial charge on any atom is 0.102 e. The molecule has 84 valence electrons. The van der Waals surface area contributed by atoms with Crippen LogP contribution in [0.1, 0.15) is 23.6 Å². The molecule has 0 spiro atoms. The summed E-state index contributed by atoms with van der Waals surface area (Å²) in [5, 5.41) is 0. The van der Waals surface area contributed by atoms with E-state index in [0.29, 0.717) is 19.1 Å². The Balaban J connectivity index is 2.19. The second kappa shape index (κ2) is 5.14. The topological polar surface area (TPSA) is 3.24 Å². The van der Waals surface area contributed by atoms with Crippen LogP contribution < -0.4 is 0 Å². The van der Waals surface area contributed by atoms with Crippen LogP contribution in [-0.4, -0.2) is 24.7 Å². The maximum atomic E-state index is 12.5. The molecule has 0 bridgehead atoms. The van der Waals surface area contributed by atoms with Gasteiger partial charge in [-0.1, -0.05) is 30.2 Å². The molecule has 0 amide bonds. The smallest absolute Gasteiger partial charge is 0.102 e. The standard InChI is InChI=1S/C14H16FN/c1-2-10-16(11-9-15)14-8-7-12-5-3-4-6-13(12)14/h1,3-6,14H,7-11H2. The van der Waals surface area contributed by atoms with Crippen LogP contribution in [0.4, 0.5) is 4.39 Å². The highest BCUT2D eigenvalue weighted by Crippen LogP contribution is 2.35. The molecular formula is C14H16FN. The molecule has 0 fully saturated rings. The first-order chi connectivity index (χ1) is 7.86. The predicted octanol–water partition coefficient (Wildman–Crippen LogP) is 2.58. The molecule has 1 atom stereocenters. The van der Waals surface area contributed by atoms with Gasteiger partial charge >= 0.3 is 0 Å². The van der Waals surface area contributed by atoms with Gasteiger partial charge in [0, 0.05) is 12.6 Å². The van der Waals surface area contributed by atoms with Crippen molar-refractivity contribution < 1.29 is 4.39 Å². The lowest BCUT2D eigenvalue weighted by Gasteiger charge is -2.26. The number of hydrogen-bond acceptors (Lipinski definition) is 1. The summed E-state index contributed by atoms with van der Waals surface area (Å²) >= 11 is 0.